The zero-order valence-electron chi connectivity index (χ0n) is 12.6. The van der Waals surface area contributed by atoms with Crippen LogP contribution in [0, 0.1) is 0 Å². The van der Waals surface area contributed by atoms with Crippen molar-refractivity contribution in [1.29, 1.82) is 0 Å². The molecule has 21 heavy (non-hydrogen) atoms. The Morgan fingerprint density at radius 2 is 1.86 bits per heavy atom. The zero-order valence-corrected chi connectivity index (χ0v) is 13.4. The van der Waals surface area contributed by atoms with Gasteiger partial charge < -0.3 is 9.64 Å². The van der Waals surface area contributed by atoms with Crippen LogP contribution in [-0.4, -0.2) is 41.1 Å². The summed E-state index contributed by atoms with van der Waals surface area (Å²) in [6.45, 7) is 5.31. The molecule has 1 rings (SSSR count). The highest BCUT2D eigenvalue weighted by atomic mass is 32.2. The van der Waals surface area contributed by atoms with E-state index in [2.05, 4.69) is 9.46 Å². The van der Waals surface area contributed by atoms with Crippen LogP contribution in [0.15, 0.2) is 29.2 Å². The van der Waals surface area contributed by atoms with Gasteiger partial charge in [0.25, 0.3) is 0 Å². The zero-order chi connectivity index (χ0) is 15.9. The monoisotopic (exact) mass is 314 g/mol. The first-order chi connectivity index (χ1) is 9.94. The number of rotatable bonds is 8. The topological polar surface area (TPSA) is 75.7 Å². The molecule has 0 spiro atoms. The predicted molar refractivity (Wildman–Crippen MR) is 81.8 cm³/mol. The Morgan fingerprint density at radius 1 is 1.24 bits per heavy atom. The standard InChI is InChI=1S/C14H22N2O4S/c1-4-15-21(18,19)13-8-6-12(7-9-13)16(5-2)11-10-14(17)20-3/h6-9,15H,4-5,10-11H2,1-3H3. The van der Waals surface area contributed by atoms with Crippen LogP contribution >= 0.6 is 0 Å². The fraction of sp³-hybridized carbons (Fsp3) is 0.500. The molecule has 6 nitrogen and oxygen atoms in total. The van der Waals surface area contributed by atoms with Gasteiger partial charge in [0.1, 0.15) is 0 Å². The number of nitrogens with zero attached hydrogens (tertiary/aromatic N) is 1. The largest absolute Gasteiger partial charge is 0.469 e. The molecule has 0 saturated heterocycles. The van der Waals surface area contributed by atoms with Crippen molar-refractivity contribution in [3.05, 3.63) is 24.3 Å². The molecule has 0 bridgehead atoms. The normalized spacial score (nSPS) is 11.2. The van der Waals surface area contributed by atoms with E-state index in [1.54, 1.807) is 31.2 Å². The summed E-state index contributed by atoms with van der Waals surface area (Å²) in [6, 6.07) is 6.61. The second-order valence-corrected chi connectivity index (χ2v) is 6.17. The molecule has 0 aliphatic carbocycles. The van der Waals surface area contributed by atoms with Gasteiger partial charge in [0.05, 0.1) is 18.4 Å². The van der Waals surface area contributed by atoms with E-state index >= 15 is 0 Å². The minimum absolute atomic E-state index is 0.233. The highest BCUT2D eigenvalue weighted by Gasteiger charge is 2.13. The van der Waals surface area contributed by atoms with Crippen molar-refractivity contribution in [2.45, 2.75) is 25.2 Å². The maximum atomic E-state index is 11.9. The number of hydrogen-bond acceptors (Lipinski definition) is 5. The summed E-state index contributed by atoms with van der Waals surface area (Å²) in [4.78, 5) is 13.4. The molecule has 0 saturated carbocycles. The number of carbonyl (C=O) groups excluding carboxylic acids is 1. The number of anilines is 1. The van der Waals surface area contributed by atoms with E-state index in [1.165, 1.54) is 7.11 Å². The Kier molecular flexibility index (Phi) is 6.64. The Bertz CT molecular complexity index is 555. The van der Waals surface area contributed by atoms with E-state index in [1.807, 2.05) is 11.8 Å². The summed E-state index contributed by atoms with van der Waals surface area (Å²) in [5, 5.41) is 0. The molecule has 1 aromatic carbocycles. The average molecular weight is 314 g/mol. The second-order valence-electron chi connectivity index (χ2n) is 4.40. The SMILES string of the molecule is CCNS(=O)(=O)c1ccc(N(CC)CCC(=O)OC)cc1. The summed E-state index contributed by atoms with van der Waals surface area (Å²) in [5.41, 5.74) is 0.872. The Labute approximate surface area is 126 Å². The molecule has 0 amide bonds. The van der Waals surface area contributed by atoms with Crippen molar-refractivity contribution in [1.82, 2.24) is 4.72 Å². The minimum atomic E-state index is -3.43. The van der Waals surface area contributed by atoms with E-state index < -0.39 is 10.0 Å². The number of benzene rings is 1. The fourth-order valence-corrected chi connectivity index (χ4v) is 2.95. The lowest BCUT2D eigenvalue weighted by Gasteiger charge is -2.22. The number of hydrogen-bond donors (Lipinski definition) is 1. The molecule has 0 aromatic heterocycles. The van der Waals surface area contributed by atoms with Gasteiger partial charge in [-0.25, -0.2) is 13.1 Å². The number of sulfonamides is 1. The fourth-order valence-electron chi connectivity index (χ4n) is 1.91. The van der Waals surface area contributed by atoms with Gasteiger partial charge in [0.2, 0.25) is 10.0 Å². The van der Waals surface area contributed by atoms with Gasteiger partial charge >= 0.3 is 5.97 Å². The lowest BCUT2D eigenvalue weighted by Crippen LogP contribution is -2.26. The molecule has 1 N–H and O–H groups in total. The van der Waals surface area contributed by atoms with Gasteiger partial charge in [-0.1, -0.05) is 6.92 Å². The third kappa shape index (κ3) is 5.02. The van der Waals surface area contributed by atoms with Crippen molar-refractivity contribution in [2.24, 2.45) is 0 Å². The first kappa shape index (κ1) is 17.5. The number of nitrogens with one attached hydrogen (secondary N) is 1. The summed E-state index contributed by atoms with van der Waals surface area (Å²) < 4.78 is 30.8. The van der Waals surface area contributed by atoms with Crippen LogP contribution in [0.3, 0.4) is 0 Å². The van der Waals surface area contributed by atoms with Crippen LogP contribution in [0.2, 0.25) is 0 Å². The maximum Gasteiger partial charge on any atom is 0.307 e. The molecule has 0 atom stereocenters. The van der Waals surface area contributed by atoms with Crippen LogP contribution in [0.5, 0.6) is 0 Å². The van der Waals surface area contributed by atoms with Gasteiger partial charge in [-0.2, -0.15) is 0 Å². The molecular formula is C14H22N2O4S. The van der Waals surface area contributed by atoms with Gasteiger partial charge in [-0.3, -0.25) is 4.79 Å². The highest BCUT2D eigenvalue weighted by molar-refractivity contribution is 7.89. The van der Waals surface area contributed by atoms with E-state index in [9.17, 15) is 13.2 Å². The Balaban J connectivity index is 2.82. The van der Waals surface area contributed by atoms with Gasteiger partial charge in [-0.05, 0) is 31.2 Å². The average Bonchev–Trinajstić information content (AvgIpc) is 2.48. The lowest BCUT2D eigenvalue weighted by molar-refractivity contribution is -0.140. The van der Waals surface area contributed by atoms with Crippen molar-refractivity contribution in [2.75, 3.05) is 31.6 Å². The van der Waals surface area contributed by atoms with Gasteiger partial charge in [0, 0.05) is 25.3 Å². The molecule has 7 heteroatoms. The van der Waals surface area contributed by atoms with Gasteiger partial charge in [-0.15, -0.1) is 0 Å². The smallest absolute Gasteiger partial charge is 0.307 e. The van der Waals surface area contributed by atoms with Crippen LogP contribution in [0.1, 0.15) is 20.3 Å². The number of esters is 1. The maximum absolute atomic E-state index is 11.9. The van der Waals surface area contributed by atoms with Crippen LogP contribution in [-0.2, 0) is 19.6 Å². The van der Waals surface area contributed by atoms with Crippen LogP contribution in [0.25, 0.3) is 0 Å². The van der Waals surface area contributed by atoms with Crippen LogP contribution in [0.4, 0.5) is 5.69 Å². The first-order valence-electron chi connectivity index (χ1n) is 6.86. The summed E-state index contributed by atoms with van der Waals surface area (Å²) >= 11 is 0. The Morgan fingerprint density at radius 3 is 2.33 bits per heavy atom. The molecule has 1 aromatic rings. The molecule has 0 unspecified atom stereocenters. The predicted octanol–water partition coefficient (Wildman–Crippen LogP) is 1.37. The molecule has 0 aliphatic heterocycles. The van der Waals surface area contributed by atoms with E-state index in [-0.39, 0.29) is 10.9 Å². The number of carbonyl (C=O) groups is 1. The molecule has 0 fully saturated rings. The van der Waals surface area contributed by atoms with Crippen molar-refractivity contribution >= 4 is 21.7 Å². The van der Waals surface area contributed by atoms with Crippen molar-refractivity contribution < 1.29 is 17.9 Å². The quantitative estimate of drug-likeness (QED) is 0.734. The van der Waals surface area contributed by atoms with E-state index in [4.69, 9.17) is 0 Å². The number of ether oxygens (including phenoxy) is 1. The molecule has 0 radical (unpaired) electrons. The van der Waals surface area contributed by atoms with Crippen molar-refractivity contribution in [3.8, 4) is 0 Å². The van der Waals surface area contributed by atoms with Gasteiger partial charge in [0.15, 0.2) is 0 Å². The molecule has 118 valence electrons. The lowest BCUT2D eigenvalue weighted by atomic mass is 10.2. The van der Waals surface area contributed by atoms with E-state index in [0.29, 0.717) is 19.5 Å². The Hall–Kier alpha value is -1.60. The third-order valence-corrected chi connectivity index (χ3v) is 4.60. The molecule has 0 aliphatic rings. The van der Waals surface area contributed by atoms with E-state index in [0.717, 1.165) is 12.2 Å². The van der Waals surface area contributed by atoms with Crippen molar-refractivity contribution in [3.63, 3.8) is 0 Å². The summed E-state index contributed by atoms with van der Waals surface area (Å²) in [7, 11) is -2.07. The number of methoxy groups -OCH3 is 1. The minimum Gasteiger partial charge on any atom is -0.469 e. The molecule has 0 heterocycles. The summed E-state index contributed by atoms with van der Waals surface area (Å²) in [6.07, 6.45) is 0.293. The highest BCUT2D eigenvalue weighted by Crippen LogP contribution is 2.18. The molecular weight excluding hydrogens is 292 g/mol. The summed E-state index contributed by atoms with van der Waals surface area (Å²) in [5.74, 6) is -0.264. The first-order valence-corrected chi connectivity index (χ1v) is 8.34. The van der Waals surface area contributed by atoms with Crippen LogP contribution < -0.4 is 9.62 Å². The third-order valence-electron chi connectivity index (χ3n) is 3.04. The second kappa shape index (κ2) is 7.99.